The van der Waals surface area contributed by atoms with Crippen LogP contribution in [0.2, 0.25) is 0 Å². The van der Waals surface area contributed by atoms with Gasteiger partial charge in [-0.25, -0.2) is 9.97 Å². The van der Waals surface area contributed by atoms with E-state index in [-0.39, 0.29) is 0 Å². The lowest BCUT2D eigenvalue weighted by Crippen LogP contribution is -1.99. The van der Waals surface area contributed by atoms with Gasteiger partial charge >= 0.3 is 0 Å². The zero-order valence-electron chi connectivity index (χ0n) is 10.1. The Morgan fingerprint density at radius 2 is 2.33 bits per heavy atom. The van der Waals surface area contributed by atoms with Gasteiger partial charge in [-0.3, -0.25) is 0 Å². The minimum absolute atomic E-state index is 0.534. The highest BCUT2D eigenvalue weighted by Crippen LogP contribution is 2.21. The van der Waals surface area contributed by atoms with E-state index in [0.29, 0.717) is 6.54 Å². The lowest BCUT2D eigenvalue weighted by atomic mass is 10.2. The van der Waals surface area contributed by atoms with Gasteiger partial charge in [-0.05, 0) is 24.6 Å². The van der Waals surface area contributed by atoms with Gasteiger partial charge in [0.05, 0.1) is 6.54 Å². The smallest absolute Gasteiger partial charge is 0.140 e. The number of aryl methyl sites for hydroxylation is 1. The van der Waals surface area contributed by atoms with Gasteiger partial charge in [-0.1, -0.05) is 0 Å². The molecule has 3 aromatic heterocycles. The predicted octanol–water partition coefficient (Wildman–Crippen LogP) is 2.31. The first-order valence-corrected chi connectivity index (χ1v) is 6.69. The average molecular weight is 258 g/mol. The highest BCUT2D eigenvalue weighted by molar-refractivity contribution is 7.09. The number of nitrogens with two attached hydrogens (primary N) is 1. The van der Waals surface area contributed by atoms with Crippen LogP contribution in [0.3, 0.4) is 0 Å². The molecule has 0 fully saturated rings. The molecule has 2 N–H and O–H groups in total. The molecular weight excluding hydrogens is 244 g/mol. The summed E-state index contributed by atoms with van der Waals surface area (Å²) in [5.41, 5.74) is 8.95. The van der Waals surface area contributed by atoms with Gasteiger partial charge in [-0.15, -0.1) is 11.3 Å². The number of rotatable bonds is 3. The van der Waals surface area contributed by atoms with Crippen LogP contribution in [-0.2, 0) is 13.1 Å². The number of thiazole rings is 1. The van der Waals surface area contributed by atoms with E-state index >= 15 is 0 Å². The van der Waals surface area contributed by atoms with Gasteiger partial charge < -0.3 is 10.3 Å². The Morgan fingerprint density at radius 3 is 3.06 bits per heavy atom. The molecule has 0 aliphatic heterocycles. The van der Waals surface area contributed by atoms with Gasteiger partial charge in [0, 0.05) is 35.4 Å². The van der Waals surface area contributed by atoms with E-state index in [4.69, 9.17) is 5.73 Å². The normalized spacial score (nSPS) is 11.2. The monoisotopic (exact) mass is 258 g/mol. The number of aromatic nitrogens is 3. The van der Waals surface area contributed by atoms with Crippen molar-refractivity contribution in [1.82, 2.24) is 14.5 Å². The van der Waals surface area contributed by atoms with E-state index in [1.165, 1.54) is 0 Å². The maximum Gasteiger partial charge on any atom is 0.140 e. The largest absolute Gasteiger partial charge is 0.326 e. The van der Waals surface area contributed by atoms with Gasteiger partial charge in [0.1, 0.15) is 10.7 Å². The molecule has 0 radical (unpaired) electrons. The molecule has 18 heavy (non-hydrogen) atoms. The second-order valence-corrected chi connectivity index (χ2v) is 5.19. The van der Waals surface area contributed by atoms with Crippen molar-refractivity contribution >= 4 is 22.4 Å². The first-order chi connectivity index (χ1) is 8.78. The number of hydrogen-bond acceptors (Lipinski definition) is 4. The molecule has 3 heterocycles. The molecule has 3 aromatic rings. The SMILES string of the molecule is Cc1csc(Cn2cc(CN)c3cccnc32)n1. The fourth-order valence-electron chi connectivity index (χ4n) is 2.10. The third-order valence-electron chi connectivity index (χ3n) is 2.91. The van der Waals surface area contributed by atoms with Gasteiger partial charge in [0.25, 0.3) is 0 Å². The Labute approximate surface area is 109 Å². The molecule has 5 heteroatoms. The van der Waals surface area contributed by atoms with E-state index in [0.717, 1.165) is 33.8 Å². The van der Waals surface area contributed by atoms with Crippen LogP contribution >= 0.6 is 11.3 Å². The average Bonchev–Trinajstić information content (AvgIpc) is 2.95. The van der Waals surface area contributed by atoms with E-state index < -0.39 is 0 Å². The lowest BCUT2D eigenvalue weighted by Gasteiger charge is -2.00. The van der Waals surface area contributed by atoms with Crippen molar-refractivity contribution in [2.24, 2.45) is 5.73 Å². The Balaban J connectivity index is 2.06. The van der Waals surface area contributed by atoms with Gasteiger partial charge in [-0.2, -0.15) is 0 Å². The molecule has 0 bridgehead atoms. The molecule has 0 amide bonds. The van der Waals surface area contributed by atoms with Crippen LogP contribution < -0.4 is 5.73 Å². The maximum absolute atomic E-state index is 5.77. The molecule has 0 aliphatic carbocycles. The molecule has 0 saturated heterocycles. The minimum atomic E-state index is 0.534. The van der Waals surface area contributed by atoms with E-state index in [9.17, 15) is 0 Å². The molecule has 0 aliphatic rings. The zero-order chi connectivity index (χ0) is 12.5. The van der Waals surface area contributed by atoms with E-state index in [1.807, 2.05) is 19.2 Å². The van der Waals surface area contributed by atoms with E-state index in [1.54, 1.807) is 11.3 Å². The Bertz CT molecular complexity index is 683. The zero-order valence-corrected chi connectivity index (χ0v) is 10.9. The summed E-state index contributed by atoms with van der Waals surface area (Å²) in [6, 6.07) is 4.01. The van der Waals surface area contributed by atoms with Gasteiger partial charge in [0.2, 0.25) is 0 Å². The first kappa shape index (κ1) is 11.4. The summed E-state index contributed by atoms with van der Waals surface area (Å²) < 4.78 is 2.12. The van der Waals surface area contributed by atoms with Crippen molar-refractivity contribution in [3.05, 3.63) is 46.2 Å². The number of hydrogen-bond donors (Lipinski definition) is 1. The number of pyridine rings is 1. The fourth-order valence-corrected chi connectivity index (χ4v) is 2.87. The molecule has 92 valence electrons. The third kappa shape index (κ3) is 1.91. The second-order valence-electron chi connectivity index (χ2n) is 4.24. The minimum Gasteiger partial charge on any atom is -0.326 e. The highest BCUT2D eigenvalue weighted by Gasteiger charge is 2.09. The molecule has 3 rings (SSSR count). The van der Waals surface area contributed by atoms with Crippen LogP contribution in [0.4, 0.5) is 0 Å². The van der Waals surface area contributed by atoms with Crippen LogP contribution in [0.5, 0.6) is 0 Å². The number of nitrogens with zero attached hydrogens (tertiary/aromatic N) is 3. The summed E-state index contributed by atoms with van der Waals surface area (Å²) in [5.74, 6) is 0. The Morgan fingerprint density at radius 1 is 1.44 bits per heavy atom. The molecule has 0 aromatic carbocycles. The quantitative estimate of drug-likeness (QED) is 0.784. The van der Waals surface area contributed by atoms with Crippen LogP contribution in [0, 0.1) is 6.92 Å². The standard InChI is InChI=1S/C13H14N4S/c1-9-8-18-12(16-9)7-17-6-10(5-14)11-3-2-4-15-13(11)17/h2-4,6,8H,5,7,14H2,1H3. The van der Waals surface area contributed by atoms with Crippen LogP contribution in [-0.4, -0.2) is 14.5 Å². The summed E-state index contributed by atoms with van der Waals surface area (Å²) >= 11 is 1.68. The lowest BCUT2D eigenvalue weighted by molar-refractivity contribution is 0.808. The predicted molar refractivity (Wildman–Crippen MR) is 73.6 cm³/mol. The van der Waals surface area contributed by atoms with Crippen molar-refractivity contribution in [1.29, 1.82) is 0 Å². The summed E-state index contributed by atoms with van der Waals surface area (Å²) in [5, 5.41) is 4.30. The first-order valence-electron chi connectivity index (χ1n) is 5.81. The Kier molecular flexibility index (Phi) is 2.85. The molecule has 0 atom stereocenters. The molecule has 0 unspecified atom stereocenters. The van der Waals surface area contributed by atoms with E-state index in [2.05, 4.69) is 32.2 Å². The molecule has 4 nitrogen and oxygen atoms in total. The van der Waals surface area contributed by atoms with Gasteiger partial charge in [0.15, 0.2) is 0 Å². The fraction of sp³-hybridized carbons (Fsp3) is 0.231. The summed E-state index contributed by atoms with van der Waals surface area (Å²) in [6.07, 6.45) is 3.89. The molecule has 0 saturated carbocycles. The van der Waals surface area contributed by atoms with Crippen molar-refractivity contribution < 1.29 is 0 Å². The molecule has 0 spiro atoms. The van der Waals surface area contributed by atoms with Crippen molar-refractivity contribution in [2.45, 2.75) is 20.0 Å². The van der Waals surface area contributed by atoms with Crippen LogP contribution in [0.15, 0.2) is 29.9 Å². The molecular formula is C13H14N4S. The summed E-state index contributed by atoms with van der Waals surface area (Å²) in [4.78, 5) is 8.92. The maximum atomic E-state index is 5.77. The van der Waals surface area contributed by atoms with Crippen molar-refractivity contribution in [3.8, 4) is 0 Å². The summed E-state index contributed by atoms with van der Waals surface area (Å²) in [6.45, 7) is 3.30. The second kappa shape index (κ2) is 4.51. The van der Waals surface area contributed by atoms with Crippen molar-refractivity contribution in [2.75, 3.05) is 0 Å². The summed E-state index contributed by atoms with van der Waals surface area (Å²) in [7, 11) is 0. The van der Waals surface area contributed by atoms with Crippen LogP contribution in [0.1, 0.15) is 16.3 Å². The Hall–Kier alpha value is -1.72. The third-order valence-corrected chi connectivity index (χ3v) is 3.86. The number of fused-ring (bicyclic) bond motifs is 1. The highest BCUT2D eigenvalue weighted by atomic mass is 32.1. The van der Waals surface area contributed by atoms with Crippen molar-refractivity contribution in [3.63, 3.8) is 0 Å². The topological polar surface area (TPSA) is 56.7 Å². The van der Waals surface area contributed by atoms with Crippen LogP contribution in [0.25, 0.3) is 11.0 Å².